The summed E-state index contributed by atoms with van der Waals surface area (Å²) in [5.41, 5.74) is 0.818. The van der Waals surface area contributed by atoms with Crippen molar-refractivity contribution < 1.29 is 24.2 Å². The molecule has 2 amide bonds. The SMILES string of the molecule is CC(C)COc1ccc(C2=C(O)C(=O)N(c3ccc(OCC(C)C)cc3)C2=O)cc1. The summed E-state index contributed by atoms with van der Waals surface area (Å²) < 4.78 is 11.3. The number of imide groups is 1. The lowest BCUT2D eigenvalue weighted by Crippen LogP contribution is -2.31. The minimum Gasteiger partial charge on any atom is -0.502 e. The van der Waals surface area contributed by atoms with Gasteiger partial charge in [0, 0.05) is 0 Å². The fraction of sp³-hybridized carbons (Fsp3) is 0.333. The Hall–Kier alpha value is -3.28. The van der Waals surface area contributed by atoms with E-state index in [9.17, 15) is 14.7 Å². The van der Waals surface area contributed by atoms with E-state index >= 15 is 0 Å². The Kier molecular flexibility index (Phi) is 6.45. The number of aliphatic hydroxyl groups excluding tert-OH is 1. The lowest BCUT2D eigenvalue weighted by atomic mass is 10.1. The Balaban J connectivity index is 1.77. The van der Waals surface area contributed by atoms with Gasteiger partial charge < -0.3 is 14.6 Å². The summed E-state index contributed by atoms with van der Waals surface area (Å²) >= 11 is 0. The van der Waals surface area contributed by atoms with Crippen LogP contribution in [0.5, 0.6) is 11.5 Å². The quantitative estimate of drug-likeness (QED) is 0.645. The van der Waals surface area contributed by atoms with Crippen LogP contribution in [0.15, 0.2) is 54.3 Å². The number of carbonyl (C=O) groups is 2. The minimum absolute atomic E-state index is 0.0180. The van der Waals surface area contributed by atoms with Crippen molar-refractivity contribution in [2.24, 2.45) is 11.8 Å². The molecule has 1 aliphatic heterocycles. The van der Waals surface area contributed by atoms with Crippen molar-refractivity contribution in [2.75, 3.05) is 18.1 Å². The molecule has 0 atom stereocenters. The van der Waals surface area contributed by atoms with Gasteiger partial charge in [0.05, 0.1) is 24.5 Å². The van der Waals surface area contributed by atoms with Crippen LogP contribution in [0.1, 0.15) is 33.3 Å². The number of carbonyl (C=O) groups excluding carboxylic acids is 2. The molecule has 0 bridgehead atoms. The molecule has 1 aliphatic rings. The Morgan fingerprint density at radius 3 is 1.70 bits per heavy atom. The summed E-state index contributed by atoms with van der Waals surface area (Å²) in [7, 11) is 0. The summed E-state index contributed by atoms with van der Waals surface area (Å²) in [6.07, 6.45) is 0. The van der Waals surface area contributed by atoms with Crippen molar-refractivity contribution in [1.29, 1.82) is 0 Å². The van der Waals surface area contributed by atoms with Crippen molar-refractivity contribution in [3.8, 4) is 11.5 Å². The molecule has 1 N–H and O–H groups in total. The number of benzene rings is 2. The lowest BCUT2D eigenvalue weighted by molar-refractivity contribution is -0.121. The number of anilines is 1. The zero-order valence-electron chi connectivity index (χ0n) is 17.7. The highest BCUT2D eigenvalue weighted by molar-refractivity contribution is 6.44. The van der Waals surface area contributed by atoms with Gasteiger partial charge in [-0.1, -0.05) is 39.8 Å². The van der Waals surface area contributed by atoms with Crippen molar-refractivity contribution in [3.63, 3.8) is 0 Å². The fourth-order valence-electron chi connectivity index (χ4n) is 2.95. The van der Waals surface area contributed by atoms with Gasteiger partial charge in [0.2, 0.25) is 0 Å². The van der Waals surface area contributed by atoms with E-state index in [2.05, 4.69) is 27.7 Å². The van der Waals surface area contributed by atoms with E-state index < -0.39 is 17.6 Å². The normalized spacial score (nSPS) is 14.3. The van der Waals surface area contributed by atoms with Gasteiger partial charge in [-0.15, -0.1) is 0 Å². The highest BCUT2D eigenvalue weighted by Gasteiger charge is 2.40. The first-order valence-electron chi connectivity index (χ1n) is 10.1. The van der Waals surface area contributed by atoms with Crippen LogP contribution in [0.25, 0.3) is 5.57 Å². The first kappa shape index (κ1) is 21.4. The number of nitrogens with zero attached hydrogens (tertiary/aromatic N) is 1. The third kappa shape index (κ3) is 4.64. The Morgan fingerprint density at radius 2 is 1.23 bits per heavy atom. The summed E-state index contributed by atoms with van der Waals surface area (Å²) in [4.78, 5) is 26.5. The number of rotatable bonds is 8. The first-order valence-corrected chi connectivity index (χ1v) is 10.1. The molecule has 0 saturated heterocycles. The second-order valence-electron chi connectivity index (χ2n) is 8.10. The molecule has 6 nitrogen and oxygen atoms in total. The van der Waals surface area contributed by atoms with Crippen LogP contribution in [-0.2, 0) is 9.59 Å². The van der Waals surface area contributed by atoms with Crippen LogP contribution in [0.4, 0.5) is 5.69 Å². The van der Waals surface area contributed by atoms with Crippen LogP contribution in [0.3, 0.4) is 0 Å². The van der Waals surface area contributed by atoms with Gasteiger partial charge in [-0.2, -0.15) is 0 Å². The van der Waals surface area contributed by atoms with E-state index in [0.29, 0.717) is 47.8 Å². The van der Waals surface area contributed by atoms with Crippen molar-refractivity contribution in [3.05, 3.63) is 59.9 Å². The van der Waals surface area contributed by atoms with Crippen LogP contribution >= 0.6 is 0 Å². The minimum atomic E-state index is -0.744. The van der Waals surface area contributed by atoms with Gasteiger partial charge in [-0.3, -0.25) is 9.59 Å². The molecule has 0 fully saturated rings. The fourth-order valence-corrected chi connectivity index (χ4v) is 2.95. The van der Waals surface area contributed by atoms with Crippen molar-refractivity contribution in [1.82, 2.24) is 0 Å². The molecule has 0 aliphatic carbocycles. The van der Waals surface area contributed by atoms with Crippen LogP contribution in [0.2, 0.25) is 0 Å². The Bertz CT molecular complexity index is 943. The Morgan fingerprint density at radius 1 is 0.767 bits per heavy atom. The molecule has 2 aromatic carbocycles. The summed E-state index contributed by atoms with van der Waals surface area (Å²) in [6.45, 7) is 9.36. The third-order valence-electron chi connectivity index (χ3n) is 4.46. The number of aliphatic hydroxyl groups is 1. The summed E-state index contributed by atoms with van der Waals surface area (Å²) in [5.74, 6) is 0.226. The monoisotopic (exact) mass is 409 g/mol. The van der Waals surface area contributed by atoms with E-state index in [-0.39, 0.29) is 5.57 Å². The third-order valence-corrected chi connectivity index (χ3v) is 4.46. The summed E-state index contributed by atoms with van der Waals surface area (Å²) in [6, 6.07) is 13.4. The molecule has 0 saturated carbocycles. The molecule has 0 radical (unpaired) electrons. The number of ether oxygens (including phenoxy) is 2. The number of hydrogen-bond acceptors (Lipinski definition) is 5. The topological polar surface area (TPSA) is 76.1 Å². The molecule has 3 rings (SSSR count). The van der Waals surface area contributed by atoms with E-state index in [1.807, 2.05) is 0 Å². The maximum Gasteiger partial charge on any atom is 0.301 e. The van der Waals surface area contributed by atoms with Gasteiger partial charge in [-0.05, 0) is 53.8 Å². The molecular weight excluding hydrogens is 382 g/mol. The first-order chi connectivity index (χ1) is 14.3. The van der Waals surface area contributed by atoms with E-state index in [1.165, 1.54) is 0 Å². The molecular formula is C24H27NO5. The lowest BCUT2D eigenvalue weighted by Gasteiger charge is -2.16. The van der Waals surface area contributed by atoms with Gasteiger partial charge >= 0.3 is 5.91 Å². The predicted octanol–water partition coefficient (Wildman–Crippen LogP) is 4.60. The zero-order valence-corrected chi connectivity index (χ0v) is 17.7. The maximum atomic E-state index is 13.0. The van der Waals surface area contributed by atoms with Crippen molar-refractivity contribution in [2.45, 2.75) is 27.7 Å². The number of amides is 2. The largest absolute Gasteiger partial charge is 0.502 e. The highest BCUT2D eigenvalue weighted by Crippen LogP contribution is 2.33. The molecule has 0 spiro atoms. The van der Waals surface area contributed by atoms with Crippen LogP contribution < -0.4 is 14.4 Å². The van der Waals surface area contributed by atoms with Gasteiger partial charge in [0.15, 0.2) is 5.76 Å². The second-order valence-corrected chi connectivity index (χ2v) is 8.10. The van der Waals surface area contributed by atoms with Gasteiger partial charge in [0.25, 0.3) is 5.91 Å². The molecule has 2 aromatic rings. The molecule has 30 heavy (non-hydrogen) atoms. The molecule has 6 heteroatoms. The van der Waals surface area contributed by atoms with Gasteiger partial charge in [0.1, 0.15) is 11.5 Å². The van der Waals surface area contributed by atoms with E-state index in [1.54, 1.807) is 48.5 Å². The van der Waals surface area contributed by atoms with Gasteiger partial charge in [-0.25, -0.2) is 4.90 Å². The Labute approximate surface area is 176 Å². The van der Waals surface area contributed by atoms with Crippen LogP contribution in [-0.4, -0.2) is 30.1 Å². The predicted molar refractivity (Wildman–Crippen MR) is 116 cm³/mol. The summed E-state index contributed by atoms with van der Waals surface area (Å²) in [5, 5.41) is 10.4. The zero-order chi connectivity index (χ0) is 21.8. The standard InChI is InChI=1S/C24H27NO5/c1-15(2)13-29-19-9-5-17(6-10-19)21-22(26)24(28)25(23(21)27)18-7-11-20(12-8-18)30-14-16(3)4/h5-12,15-16,26H,13-14H2,1-4H3. The van der Waals surface area contributed by atoms with E-state index in [0.717, 1.165) is 4.90 Å². The smallest absolute Gasteiger partial charge is 0.301 e. The molecule has 158 valence electrons. The molecule has 0 aromatic heterocycles. The van der Waals surface area contributed by atoms with E-state index in [4.69, 9.17) is 9.47 Å². The maximum absolute atomic E-state index is 13.0. The highest BCUT2D eigenvalue weighted by atomic mass is 16.5. The molecule has 1 heterocycles. The van der Waals surface area contributed by atoms with Crippen LogP contribution in [0, 0.1) is 11.8 Å². The number of hydrogen-bond donors (Lipinski definition) is 1. The molecule has 0 unspecified atom stereocenters. The average Bonchev–Trinajstić information content (AvgIpc) is 2.94. The average molecular weight is 409 g/mol. The second kappa shape index (κ2) is 9.03. The van der Waals surface area contributed by atoms with Crippen molar-refractivity contribution >= 4 is 23.1 Å².